The molecule has 1 amide bonds. The Morgan fingerprint density at radius 2 is 2.04 bits per heavy atom. The summed E-state index contributed by atoms with van der Waals surface area (Å²) in [6.45, 7) is 7.60. The first kappa shape index (κ1) is 20.1. The number of carbonyl (C=O) groups is 1. The Hall–Kier alpha value is -2.66. The fourth-order valence-electron chi connectivity index (χ4n) is 3.17. The lowest BCUT2D eigenvalue weighted by Gasteiger charge is -2.15. The molecule has 2 aromatic rings. The third-order valence-corrected chi connectivity index (χ3v) is 4.81. The van der Waals surface area contributed by atoms with Gasteiger partial charge in [0.05, 0.1) is 12.6 Å². The zero-order valence-corrected chi connectivity index (χ0v) is 16.9. The van der Waals surface area contributed by atoms with Crippen molar-refractivity contribution in [1.29, 1.82) is 0 Å². The van der Waals surface area contributed by atoms with E-state index < -0.39 is 0 Å². The van der Waals surface area contributed by atoms with Crippen LogP contribution in [0.4, 0.5) is 5.69 Å². The Morgan fingerprint density at radius 1 is 1.21 bits per heavy atom. The van der Waals surface area contributed by atoms with Crippen LogP contribution < -0.4 is 10.6 Å². The van der Waals surface area contributed by atoms with Crippen molar-refractivity contribution in [2.75, 3.05) is 18.5 Å². The maximum absolute atomic E-state index is 12.7. The summed E-state index contributed by atoms with van der Waals surface area (Å²) in [6, 6.07) is 15.7. The van der Waals surface area contributed by atoms with E-state index in [-0.39, 0.29) is 12.0 Å². The first-order valence-electron chi connectivity index (χ1n) is 9.92. The quantitative estimate of drug-likeness (QED) is 0.594. The van der Waals surface area contributed by atoms with Gasteiger partial charge >= 0.3 is 0 Å². The summed E-state index contributed by atoms with van der Waals surface area (Å²) in [4.78, 5) is 17.3. The van der Waals surface area contributed by atoms with Crippen molar-refractivity contribution in [3.8, 4) is 0 Å². The predicted octanol–water partition coefficient (Wildman–Crippen LogP) is 4.50. The maximum Gasteiger partial charge on any atom is 0.257 e. The average Bonchev–Trinajstić information content (AvgIpc) is 3.20. The number of rotatable bonds is 5. The summed E-state index contributed by atoms with van der Waals surface area (Å²) in [7, 11) is 0. The number of nitrogens with one attached hydrogen (secondary N) is 2. The van der Waals surface area contributed by atoms with Gasteiger partial charge < -0.3 is 10.1 Å². The Morgan fingerprint density at radius 3 is 2.75 bits per heavy atom. The summed E-state index contributed by atoms with van der Waals surface area (Å²) in [5, 5.41) is 6.20. The van der Waals surface area contributed by atoms with Crippen LogP contribution >= 0.6 is 0 Å². The molecule has 2 aromatic carbocycles. The standard InChI is InChI=1S/C23H29N3O2/c1-16(2)18-8-5-10-20(14-18)25-23(24-15-21-11-6-12-28-21)26-22(27)19-9-4-7-17(3)13-19/h4-5,7-10,13-14,16,21H,6,11-12,15H2,1-3H3,(H2,24,25,26,27). The first-order valence-corrected chi connectivity index (χ1v) is 9.92. The third kappa shape index (κ3) is 5.67. The van der Waals surface area contributed by atoms with Gasteiger partial charge in [0.15, 0.2) is 0 Å². The second-order valence-corrected chi connectivity index (χ2v) is 7.55. The summed E-state index contributed by atoms with van der Waals surface area (Å²) in [5.41, 5.74) is 3.79. The second-order valence-electron chi connectivity index (χ2n) is 7.55. The van der Waals surface area contributed by atoms with Gasteiger partial charge in [-0.3, -0.25) is 10.1 Å². The van der Waals surface area contributed by atoms with Gasteiger partial charge in [-0.05, 0) is 55.5 Å². The molecule has 1 heterocycles. The molecule has 1 aliphatic heterocycles. The molecule has 0 radical (unpaired) electrons. The fraction of sp³-hybridized carbons (Fsp3) is 0.391. The molecular weight excluding hydrogens is 350 g/mol. The van der Waals surface area contributed by atoms with Crippen molar-refractivity contribution >= 4 is 17.6 Å². The van der Waals surface area contributed by atoms with Gasteiger partial charge in [-0.1, -0.05) is 43.7 Å². The summed E-state index contributed by atoms with van der Waals surface area (Å²) in [6.07, 6.45) is 2.19. The van der Waals surface area contributed by atoms with E-state index in [0.717, 1.165) is 30.7 Å². The van der Waals surface area contributed by atoms with Crippen LogP contribution in [0.5, 0.6) is 0 Å². The van der Waals surface area contributed by atoms with E-state index in [4.69, 9.17) is 4.74 Å². The van der Waals surface area contributed by atoms with E-state index in [2.05, 4.69) is 41.6 Å². The van der Waals surface area contributed by atoms with Crippen molar-refractivity contribution in [3.05, 3.63) is 65.2 Å². The topological polar surface area (TPSA) is 62.7 Å². The number of carbonyl (C=O) groups excluding carboxylic acids is 1. The summed E-state index contributed by atoms with van der Waals surface area (Å²) >= 11 is 0. The van der Waals surface area contributed by atoms with Crippen molar-refractivity contribution in [3.63, 3.8) is 0 Å². The number of amides is 1. The van der Waals surface area contributed by atoms with E-state index in [9.17, 15) is 4.79 Å². The highest BCUT2D eigenvalue weighted by atomic mass is 16.5. The van der Waals surface area contributed by atoms with Crippen molar-refractivity contribution in [2.24, 2.45) is 4.99 Å². The molecule has 1 fully saturated rings. The van der Waals surface area contributed by atoms with Crippen LogP contribution in [-0.4, -0.2) is 31.1 Å². The van der Waals surface area contributed by atoms with Gasteiger partial charge in [0.1, 0.15) is 0 Å². The van der Waals surface area contributed by atoms with Crippen molar-refractivity contribution in [2.45, 2.75) is 45.6 Å². The lowest BCUT2D eigenvalue weighted by atomic mass is 10.0. The predicted molar refractivity (Wildman–Crippen MR) is 114 cm³/mol. The Labute approximate surface area is 167 Å². The highest BCUT2D eigenvalue weighted by Gasteiger charge is 2.16. The molecule has 1 aliphatic rings. The number of guanidine groups is 1. The zero-order chi connectivity index (χ0) is 19.9. The Bertz CT molecular complexity index is 839. The minimum absolute atomic E-state index is 0.120. The monoisotopic (exact) mass is 379 g/mol. The molecular formula is C23H29N3O2. The zero-order valence-electron chi connectivity index (χ0n) is 16.9. The number of benzene rings is 2. The van der Waals surface area contributed by atoms with Crippen LogP contribution in [0, 0.1) is 6.92 Å². The molecule has 28 heavy (non-hydrogen) atoms. The number of anilines is 1. The molecule has 1 unspecified atom stereocenters. The van der Waals surface area contributed by atoms with Crippen molar-refractivity contribution < 1.29 is 9.53 Å². The SMILES string of the molecule is Cc1cccc(C(=O)NC(=NCC2CCCO2)Nc2cccc(C(C)C)c2)c1. The molecule has 0 aromatic heterocycles. The van der Waals surface area contributed by atoms with E-state index >= 15 is 0 Å². The minimum Gasteiger partial charge on any atom is -0.376 e. The Kier molecular flexibility index (Phi) is 6.82. The summed E-state index contributed by atoms with van der Waals surface area (Å²) < 4.78 is 5.66. The largest absolute Gasteiger partial charge is 0.376 e. The van der Waals surface area contributed by atoms with Crippen LogP contribution in [0.2, 0.25) is 0 Å². The van der Waals surface area contributed by atoms with Gasteiger partial charge in [0.25, 0.3) is 5.91 Å². The van der Waals surface area contributed by atoms with Gasteiger partial charge in [-0.25, -0.2) is 4.99 Å². The van der Waals surface area contributed by atoms with Crippen LogP contribution in [0.15, 0.2) is 53.5 Å². The molecule has 0 bridgehead atoms. The molecule has 5 heteroatoms. The van der Waals surface area contributed by atoms with Gasteiger partial charge in [0, 0.05) is 17.9 Å². The van der Waals surface area contributed by atoms with E-state index in [1.165, 1.54) is 5.56 Å². The second kappa shape index (κ2) is 9.51. The molecule has 0 spiro atoms. The lowest BCUT2D eigenvalue weighted by molar-refractivity contribution is 0.0975. The molecule has 2 N–H and O–H groups in total. The lowest BCUT2D eigenvalue weighted by Crippen LogP contribution is -2.36. The molecule has 5 nitrogen and oxygen atoms in total. The minimum atomic E-state index is -0.178. The maximum atomic E-state index is 12.7. The highest BCUT2D eigenvalue weighted by molar-refractivity contribution is 6.10. The van der Waals surface area contributed by atoms with Gasteiger partial charge in [-0.15, -0.1) is 0 Å². The normalized spacial score (nSPS) is 17.0. The molecule has 1 saturated heterocycles. The number of aliphatic imine (C=N–C) groups is 1. The van der Waals surface area contributed by atoms with E-state index in [1.807, 2.05) is 37.3 Å². The van der Waals surface area contributed by atoms with Crippen LogP contribution in [0.1, 0.15) is 54.1 Å². The van der Waals surface area contributed by atoms with Crippen molar-refractivity contribution in [1.82, 2.24) is 5.32 Å². The first-order chi connectivity index (χ1) is 13.5. The fourth-order valence-corrected chi connectivity index (χ4v) is 3.17. The summed E-state index contributed by atoms with van der Waals surface area (Å²) in [5.74, 6) is 0.695. The average molecular weight is 380 g/mol. The van der Waals surface area contributed by atoms with E-state index in [1.54, 1.807) is 6.07 Å². The third-order valence-electron chi connectivity index (χ3n) is 4.81. The number of hydrogen-bond donors (Lipinski definition) is 2. The molecule has 3 rings (SSSR count). The van der Waals surface area contributed by atoms with Gasteiger partial charge in [-0.2, -0.15) is 0 Å². The van der Waals surface area contributed by atoms with Crippen LogP contribution in [0.25, 0.3) is 0 Å². The molecule has 0 saturated carbocycles. The number of aryl methyl sites for hydroxylation is 1. The highest BCUT2D eigenvalue weighted by Crippen LogP contribution is 2.19. The van der Waals surface area contributed by atoms with Crippen LogP contribution in [-0.2, 0) is 4.74 Å². The Balaban J connectivity index is 1.77. The van der Waals surface area contributed by atoms with Gasteiger partial charge in [0.2, 0.25) is 5.96 Å². The van der Waals surface area contributed by atoms with Crippen LogP contribution in [0.3, 0.4) is 0 Å². The number of nitrogens with zero attached hydrogens (tertiary/aromatic N) is 1. The molecule has 148 valence electrons. The smallest absolute Gasteiger partial charge is 0.257 e. The molecule has 1 atom stereocenters. The van der Waals surface area contributed by atoms with E-state index in [0.29, 0.717) is 24.0 Å². The number of hydrogen-bond acceptors (Lipinski definition) is 3. The number of ether oxygens (including phenoxy) is 1. The molecule has 0 aliphatic carbocycles.